The van der Waals surface area contributed by atoms with Crippen molar-refractivity contribution in [3.8, 4) is 0 Å². The molecule has 4 nitrogen and oxygen atoms in total. The van der Waals surface area contributed by atoms with Crippen molar-refractivity contribution in [2.24, 2.45) is 5.73 Å². The van der Waals surface area contributed by atoms with Gasteiger partial charge in [0.1, 0.15) is 0 Å². The second-order valence-electron chi connectivity index (χ2n) is 4.72. The number of thiophene rings is 1. The third-order valence-electron chi connectivity index (χ3n) is 3.43. The Hall–Kier alpha value is -0.950. The van der Waals surface area contributed by atoms with E-state index in [1.165, 1.54) is 4.88 Å². The Morgan fingerprint density at radius 1 is 1.21 bits per heavy atom. The third kappa shape index (κ3) is 3.14. The van der Waals surface area contributed by atoms with Crippen LogP contribution in [-0.2, 0) is 0 Å². The first-order valence-corrected chi connectivity index (χ1v) is 8.24. The van der Waals surface area contributed by atoms with Crippen LogP contribution in [0, 0.1) is 0 Å². The summed E-state index contributed by atoms with van der Waals surface area (Å²) in [6, 6.07) is 4.34. The van der Waals surface area contributed by atoms with Gasteiger partial charge in [0.05, 0.1) is 6.04 Å². The highest BCUT2D eigenvalue weighted by atomic mass is 32.1. The average Bonchev–Trinajstić information content (AvgIpc) is 3.13. The molecule has 3 heterocycles. The normalized spacial score (nSPS) is 18.7. The van der Waals surface area contributed by atoms with Crippen molar-refractivity contribution in [1.29, 1.82) is 0 Å². The van der Waals surface area contributed by atoms with Crippen LogP contribution in [0.3, 0.4) is 0 Å². The minimum atomic E-state index is 0.145. The van der Waals surface area contributed by atoms with Crippen LogP contribution in [0.1, 0.15) is 10.9 Å². The molecule has 0 bridgehead atoms. The van der Waals surface area contributed by atoms with Crippen molar-refractivity contribution in [1.82, 2.24) is 9.88 Å². The Morgan fingerprint density at radius 3 is 2.68 bits per heavy atom. The molecule has 0 radical (unpaired) electrons. The monoisotopic (exact) mass is 294 g/mol. The lowest BCUT2D eigenvalue weighted by atomic mass is 10.2. The number of thiazole rings is 1. The fraction of sp³-hybridized carbons (Fsp3) is 0.462. The Morgan fingerprint density at radius 2 is 2.05 bits per heavy atom. The molecular weight excluding hydrogens is 276 g/mol. The van der Waals surface area contributed by atoms with Crippen molar-refractivity contribution >= 4 is 27.8 Å². The van der Waals surface area contributed by atoms with Gasteiger partial charge in [-0.15, -0.1) is 22.7 Å². The number of nitrogens with two attached hydrogens (primary N) is 1. The lowest BCUT2D eigenvalue weighted by Gasteiger charge is -2.35. The average molecular weight is 294 g/mol. The number of nitrogens with zero attached hydrogens (tertiary/aromatic N) is 3. The van der Waals surface area contributed by atoms with Gasteiger partial charge in [0.15, 0.2) is 5.13 Å². The summed E-state index contributed by atoms with van der Waals surface area (Å²) < 4.78 is 0. The number of anilines is 1. The van der Waals surface area contributed by atoms with E-state index >= 15 is 0 Å². The van der Waals surface area contributed by atoms with Crippen LogP contribution in [0.15, 0.2) is 29.1 Å². The van der Waals surface area contributed by atoms with E-state index in [1.807, 2.05) is 11.6 Å². The zero-order chi connectivity index (χ0) is 13.1. The van der Waals surface area contributed by atoms with Crippen LogP contribution < -0.4 is 10.6 Å². The molecule has 0 aliphatic carbocycles. The number of piperazine rings is 1. The zero-order valence-electron chi connectivity index (χ0n) is 10.7. The fourth-order valence-electron chi connectivity index (χ4n) is 2.36. The first kappa shape index (κ1) is 13.1. The van der Waals surface area contributed by atoms with Gasteiger partial charge in [-0.3, -0.25) is 4.90 Å². The smallest absolute Gasteiger partial charge is 0.185 e. The predicted octanol–water partition coefficient (Wildman–Crippen LogP) is 2.03. The van der Waals surface area contributed by atoms with E-state index in [-0.39, 0.29) is 6.04 Å². The third-order valence-corrected chi connectivity index (χ3v) is 5.26. The van der Waals surface area contributed by atoms with E-state index in [0.29, 0.717) is 0 Å². The van der Waals surface area contributed by atoms with Gasteiger partial charge in [0, 0.05) is 49.2 Å². The van der Waals surface area contributed by atoms with E-state index in [9.17, 15) is 0 Å². The number of rotatable bonds is 4. The van der Waals surface area contributed by atoms with Gasteiger partial charge in [0.25, 0.3) is 0 Å². The molecule has 1 fully saturated rings. The highest BCUT2D eigenvalue weighted by Gasteiger charge is 2.20. The maximum atomic E-state index is 6.24. The Bertz CT molecular complexity index is 475. The molecule has 19 heavy (non-hydrogen) atoms. The minimum absolute atomic E-state index is 0.145. The van der Waals surface area contributed by atoms with E-state index in [2.05, 4.69) is 32.3 Å². The van der Waals surface area contributed by atoms with Crippen molar-refractivity contribution in [2.75, 3.05) is 37.6 Å². The minimum Gasteiger partial charge on any atom is -0.346 e. The van der Waals surface area contributed by atoms with Crippen LogP contribution in [0.2, 0.25) is 0 Å². The predicted molar refractivity (Wildman–Crippen MR) is 82.0 cm³/mol. The Balaban J connectivity index is 1.50. The molecule has 1 aliphatic heterocycles. The molecule has 1 atom stereocenters. The second kappa shape index (κ2) is 6.00. The maximum Gasteiger partial charge on any atom is 0.185 e. The molecule has 0 saturated carbocycles. The molecular formula is C13H18N4S2. The first-order chi connectivity index (χ1) is 9.33. The molecule has 1 unspecified atom stereocenters. The Labute approximate surface area is 121 Å². The molecule has 102 valence electrons. The van der Waals surface area contributed by atoms with Crippen molar-refractivity contribution in [3.63, 3.8) is 0 Å². The molecule has 6 heteroatoms. The van der Waals surface area contributed by atoms with E-state index in [1.54, 1.807) is 22.7 Å². The molecule has 0 spiro atoms. The summed E-state index contributed by atoms with van der Waals surface area (Å²) in [5.74, 6) is 0. The molecule has 2 N–H and O–H groups in total. The van der Waals surface area contributed by atoms with Crippen LogP contribution in [0.4, 0.5) is 5.13 Å². The summed E-state index contributed by atoms with van der Waals surface area (Å²) in [4.78, 5) is 10.5. The van der Waals surface area contributed by atoms with E-state index < -0.39 is 0 Å². The lowest BCUT2D eigenvalue weighted by Crippen LogP contribution is -2.48. The van der Waals surface area contributed by atoms with Crippen molar-refractivity contribution in [3.05, 3.63) is 34.0 Å². The topological polar surface area (TPSA) is 45.4 Å². The quantitative estimate of drug-likeness (QED) is 0.937. The second-order valence-corrected chi connectivity index (χ2v) is 6.58. The van der Waals surface area contributed by atoms with E-state index in [0.717, 1.165) is 37.9 Å². The zero-order valence-corrected chi connectivity index (χ0v) is 12.4. The van der Waals surface area contributed by atoms with Gasteiger partial charge in [0.2, 0.25) is 0 Å². The molecule has 3 rings (SSSR count). The molecule has 2 aromatic rings. The van der Waals surface area contributed by atoms with Crippen LogP contribution in [-0.4, -0.2) is 42.6 Å². The van der Waals surface area contributed by atoms with Gasteiger partial charge in [-0.05, 0) is 11.4 Å². The standard InChI is InChI=1S/C13H18N4S2/c14-11(12-2-1-8-18-12)10-16-4-6-17(7-5-16)13-15-3-9-19-13/h1-3,8-9,11H,4-7,10,14H2. The fourth-order valence-corrected chi connectivity index (χ4v) is 3.78. The molecule has 2 aromatic heterocycles. The molecule has 1 saturated heterocycles. The van der Waals surface area contributed by atoms with Gasteiger partial charge in [-0.2, -0.15) is 0 Å². The van der Waals surface area contributed by atoms with Gasteiger partial charge in [-0.25, -0.2) is 4.98 Å². The summed E-state index contributed by atoms with van der Waals surface area (Å²) in [7, 11) is 0. The highest BCUT2D eigenvalue weighted by molar-refractivity contribution is 7.13. The lowest BCUT2D eigenvalue weighted by molar-refractivity contribution is 0.244. The van der Waals surface area contributed by atoms with Crippen molar-refractivity contribution < 1.29 is 0 Å². The summed E-state index contributed by atoms with van der Waals surface area (Å²) >= 11 is 3.46. The largest absolute Gasteiger partial charge is 0.346 e. The van der Waals surface area contributed by atoms with Crippen LogP contribution >= 0.6 is 22.7 Å². The molecule has 1 aliphatic rings. The van der Waals surface area contributed by atoms with Crippen LogP contribution in [0.5, 0.6) is 0 Å². The number of aromatic nitrogens is 1. The first-order valence-electron chi connectivity index (χ1n) is 6.49. The van der Waals surface area contributed by atoms with Crippen molar-refractivity contribution in [2.45, 2.75) is 6.04 Å². The Kier molecular flexibility index (Phi) is 4.12. The van der Waals surface area contributed by atoms with Gasteiger partial charge >= 0.3 is 0 Å². The SMILES string of the molecule is NC(CN1CCN(c2nccs2)CC1)c1cccs1. The van der Waals surface area contributed by atoms with E-state index in [4.69, 9.17) is 5.73 Å². The van der Waals surface area contributed by atoms with Gasteiger partial charge < -0.3 is 10.6 Å². The summed E-state index contributed by atoms with van der Waals surface area (Å²) in [5.41, 5.74) is 6.24. The summed E-state index contributed by atoms with van der Waals surface area (Å²) in [6.45, 7) is 5.18. The number of hydrogen-bond acceptors (Lipinski definition) is 6. The summed E-state index contributed by atoms with van der Waals surface area (Å²) in [6.07, 6.45) is 1.87. The highest BCUT2D eigenvalue weighted by Crippen LogP contribution is 2.21. The number of hydrogen-bond donors (Lipinski definition) is 1. The van der Waals surface area contributed by atoms with Crippen LogP contribution in [0.25, 0.3) is 0 Å². The van der Waals surface area contributed by atoms with Gasteiger partial charge in [-0.1, -0.05) is 6.07 Å². The maximum absolute atomic E-state index is 6.24. The summed E-state index contributed by atoms with van der Waals surface area (Å²) in [5, 5.41) is 5.27. The molecule has 0 amide bonds. The molecule has 0 aromatic carbocycles.